The molecule has 104 valence electrons. The summed E-state index contributed by atoms with van der Waals surface area (Å²) < 4.78 is 1.79. The smallest absolute Gasteiger partial charge is 0.272 e. The van der Waals surface area contributed by atoms with Gasteiger partial charge in [-0.25, -0.2) is 4.98 Å². The molecule has 0 unspecified atom stereocenters. The van der Waals surface area contributed by atoms with Gasteiger partial charge in [0.2, 0.25) is 5.56 Å². The lowest BCUT2D eigenvalue weighted by atomic mass is 10.2. The van der Waals surface area contributed by atoms with E-state index in [-0.39, 0.29) is 17.2 Å². The first-order valence-corrected chi connectivity index (χ1v) is 6.32. The lowest BCUT2D eigenvalue weighted by molar-refractivity contribution is 0.102. The van der Waals surface area contributed by atoms with Gasteiger partial charge in [-0.2, -0.15) is 0 Å². The van der Waals surface area contributed by atoms with Crippen LogP contribution in [0.5, 0.6) is 0 Å². The van der Waals surface area contributed by atoms with Crippen LogP contribution in [0.4, 0.5) is 5.69 Å². The molecule has 21 heavy (non-hydrogen) atoms. The zero-order valence-electron chi connectivity index (χ0n) is 11.0. The number of rotatable bonds is 3. The largest absolute Gasteiger partial charge is 0.319 e. The number of imidazole rings is 1. The first kappa shape index (κ1) is 12.9. The Morgan fingerprint density at radius 3 is 2.76 bits per heavy atom. The van der Waals surface area contributed by atoms with Crippen molar-refractivity contribution in [1.29, 1.82) is 0 Å². The van der Waals surface area contributed by atoms with E-state index in [0.29, 0.717) is 5.69 Å². The SMILES string of the molecule is O=C(Nc1ccccc1-n1ccnc1)c1cccc(=O)[nH]1. The summed E-state index contributed by atoms with van der Waals surface area (Å²) in [6.45, 7) is 0. The summed E-state index contributed by atoms with van der Waals surface area (Å²) in [5.74, 6) is -0.375. The first-order chi connectivity index (χ1) is 10.2. The molecule has 0 atom stereocenters. The maximum atomic E-state index is 12.2. The van der Waals surface area contributed by atoms with Crippen molar-refractivity contribution < 1.29 is 4.79 Å². The maximum absolute atomic E-state index is 12.2. The Hall–Kier alpha value is -3.15. The van der Waals surface area contributed by atoms with Crippen LogP contribution in [-0.4, -0.2) is 20.4 Å². The highest BCUT2D eigenvalue weighted by atomic mass is 16.2. The highest BCUT2D eigenvalue weighted by Crippen LogP contribution is 2.19. The first-order valence-electron chi connectivity index (χ1n) is 6.32. The number of carbonyl (C=O) groups is 1. The molecule has 6 heteroatoms. The highest BCUT2D eigenvalue weighted by Gasteiger charge is 2.10. The fourth-order valence-corrected chi connectivity index (χ4v) is 1.98. The van der Waals surface area contributed by atoms with E-state index < -0.39 is 0 Å². The molecular weight excluding hydrogens is 268 g/mol. The van der Waals surface area contributed by atoms with E-state index in [4.69, 9.17) is 0 Å². The molecule has 2 N–H and O–H groups in total. The summed E-state index contributed by atoms with van der Waals surface area (Å²) in [5.41, 5.74) is 1.32. The van der Waals surface area contributed by atoms with E-state index in [1.807, 2.05) is 18.2 Å². The van der Waals surface area contributed by atoms with E-state index in [1.54, 1.807) is 35.4 Å². The van der Waals surface area contributed by atoms with Gasteiger partial charge >= 0.3 is 0 Å². The maximum Gasteiger partial charge on any atom is 0.272 e. The number of carbonyl (C=O) groups excluding carboxylic acids is 1. The van der Waals surface area contributed by atoms with Crippen LogP contribution in [0.15, 0.2) is 66.0 Å². The number of nitrogens with one attached hydrogen (secondary N) is 2. The van der Waals surface area contributed by atoms with Gasteiger partial charge < -0.3 is 14.9 Å². The number of nitrogens with zero attached hydrogens (tertiary/aromatic N) is 2. The second-order valence-electron chi connectivity index (χ2n) is 4.37. The van der Waals surface area contributed by atoms with E-state index in [9.17, 15) is 9.59 Å². The molecule has 3 aromatic rings. The zero-order chi connectivity index (χ0) is 14.7. The summed E-state index contributed by atoms with van der Waals surface area (Å²) >= 11 is 0. The molecule has 3 rings (SSSR count). The number of pyridine rings is 1. The summed E-state index contributed by atoms with van der Waals surface area (Å²) in [5, 5.41) is 2.78. The number of anilines is 1. The van der Waals surface area contributed by atoms with Gasteiger partial charge in [-0.1, -0.05) is 18.2 Å². The van der Waals surface area contributed by atoms with Gasteiger partial charge in [0.15, 0.2) is 0 Å². The number of hydrogen-bond acceptors (Lipinski definition) is 3. The van der Waals surface area contributed by atoms with Crippen molar-refractivity contribution in [2.45, 2.75) is 0 Å². The average Bonchev–Trinajstić information content (AvgIpc) is 3.02. The van der Waals surface area contributed by atoms with Crippen molar-refractivity contribution in [3.05, 3.63) is 77.2 Å². The summed E-state index contributed by atoms with van der Waals surface area (Å²) in [6, 6.07) is 11.8. The number of para-hydroxylation sites is 2. The van der Waals surface area contributed by atoms with Crippen molar-refractivity contribution in [2.24, 2.45) is 0 Å². The number of H-pyrrole nitrogens is 1. The van der Waals surface area contributed by atoms with Gasteiger partial charge in [0.25, 0.3) is 5.91 Å². The quantitative estimate of drug-likeness (QED) is 0.768. The van der Waals surface area contributed by atoms with E-state index >= 15 is 0 Å². The highest BCUT2D eigenvalue weighted by molar-refractivity contribution is 6.03. The van der Waals surface area contributed by atoms with Gasteiger partial charge in [0, 0.05) is 18.5 Å². The second kappa shape index (κ2) is 5.46. The topological polar surface area (TPSA) is 79.8 Å². The molecule has 0 radical (unpaired) electrons. The van der Waals surface area contributed by atoms with Crippen molar-refractivity contribution in [3.8, 4) is 5.69 Å². The minimum absolute atomic E-state index is 0.211. The van der Waals surface area contributed by atoms with Crippen LogP contribution < -0.4 is 10.9 Å². The molecule has 0 aliphatic rings. The van der Waals surface area contributed by atoms with Crippen molar-refractivity contribution in [2.75, 3.05) is 5.32 Å². The van der Waals surface area contributed by atoms with Crippen LogP contribution in [-0.2, 0) is 0 Å². The lowest BCUT2D eigenvalue weighted by Gasteiger charge is -2.11. The van der Waals surface area contributed by atoms with E-state index in [1.165, 1.54) is 12.1 Å². The molecule has 0 saturated carbocycles. The Balaban J connectivity index is 1.92. The summed E-state index contributed by atoms with van der Waals surface area (Å²) in [6.07, 6.45) is 5.10. The molecule has 1 aromatic carbocycles. The Bertz CT molecular complexity index is 821. The summed E-state index contributed by atoms with van der Waals surface area (Å²) in [7, 11) is 0. The predicted molar refractivity (Wildman–Crippen MR) is 78.6 cm³/mol. The van der Waals surface area contributed by atoms with Crippen LogP contribution in [0.3, 0.4) is 0 Å². The van der Waals surface area contributed by atoms with Crippen molar-refractivity contribution in [1.82, 2.24) is 14.5 Å². The predicted octanol–water partition coefficient (Wildman–Crippen LogP) is 1.81. The number of benzene rings is 1. The van der Waals surface area contributed by atoms with Crippen molar-refractivity contribution in [3.63, 3.8) is 0 Å². The molecular formula is C15H12N4O2. The van der Waals surface area contributed by atoms with Crippen molar-refractivity contribution >= 4 is 11.6 Å². The monoisotopic (exact) mass is 280 g/mol. The van der Waals surface area contributed by atoms with Gasteiger partial charge in [0.1, 0.15) is 5.69 Å². The minimum Gasteiger partial charge on any atom is -0.319 e. The molecule has 0 aliphatic heterocycles. The third kappa shape index (κ3) is 2.74. The van der Waals surface area contributed by atoms with Gasteiger partial charge in [0.05, 0.1) is 17.7 Å². The van der Waals surface area contributed by atoms with E-state index in [0.717, 1.165) is 5.69 Å². The molecule has 0 aliphatic carbocycles. The molecule has 6 nitrogen and oxygen atoms in total. The molecule has 0 saturated heterocycles. The molecule has 2 aromatic heterocycles. The molecule has 0 bridgehead atoms. The number of amides is 1. The number of hydrogen-bond donors (Lipinski definition) is 2. The minimum atomic E-state index is -0.375. The third-order valence-electron chi connectivity index (χ3n) is 2.95. The van der Waals surface area contributed by atoms with E-state index in [2.05, 4.69) is 15.3 Å². The molecule has 1 amide bonds. The number of aromatic amines is 1. The second-order valence-corrected chi connectivity index (χ2v) is 4.37. The fourth-order valence-electron chi connectivity index (χ4n) is 1.98. The summed E-state index contributed by atoms with van der Waals surface area (Å²) in [4.78, 5) is 29.9. The van der Waals surface area contributed by atoms with Crippen LogP contribution >= 0.6 is 0 Å². The Morgan fingerprint density at radius 2 is 2.00 bits per heavy atom. The number of aromatic nitrogens is 3. The average molecular weight is 280 g/mol. The third-order valence-corrected chi connectivity index (χ3v) is 2.95. The standard InChI is InChI=1S/C15H12N4O2/c20-14-7-3-5-12(17-14)15(21)18-11-4-1-2-6-13(11)19-9-8-16-10-19/h1-10H,(H,17,20)(H,18,21). The molecule has 0 fully saturated rings. The zero-order valence-corrected chi connectivity index (χ0v) is 11.0. The van der Waals surface area contributed by atoms with Crippen LogP contribution in [0, 0.1) is 0 Å². The molecule has 0 spiro atoms. The van der Waals surface area contributed by atoms with Crippen LogP contribution in [0.1, 0.15) is 10.5 Å². The Kier molecular flexibility index (Phi) is 3.34. The van der Waals surface area contributed by atoms with Gasteiger partial charge in [-0.05, 0) is 18.2 Å². The normalized spacial score (nSPS) is 10.3. The van der Waals surface area contributed by atoms with Crippen LogP contribution in [0.25, 0.3) is 5.69 Å². The Labute approximate surface area is 120 Å². The van der Waals surface area contributed by atoms with Gasteiger partial charge in [-0.3, -0.25) is 9.59 Å². The van der Waals surface area contributed by atoms with Gasteiger partial charge in [-0.15, -0.1) is 0 Å². The fraction of sp³-hybridized carbons (Fsp3) is 0. The Morgan fingerprint density at radius 1 is 1.14 bits per heavy atom. The molecule has 2 heterocycles. The van der Waals surface area contributed by atoms with Crippen LogP contribution in [0.2, 0.25) is 0 Å². The lowest BCUT2D eigenvalue weighted by Crippen LogP contribution is -2.18.